The van der Waals surface area contributed by atoms with Gasteiger partial charge in [0.2, 0.25) is 0 Å². The molecule has 1 rings (SSSR count). The Balaban J connectivity index is 2.19. The summed E-state index contributed by atoms with van der Waals surface area (Å²) in [5, 5.41) is 0. The molecule has 0 aromatic carbocycles. The van der Waals surface area contributed by atoms with Gasteiger partial charge in [0.1, 0.15) is 0 Å². The van der Waals surface area contributed by atoms with E-state index < -0.39 is 0 Å². The number of ether oxygens (including phenoxy) is 1. The van der Waals surface area contributed by atoms with Crippen molar-refractivity contribution < 1.29 is 4.74 Å². The second kappa shape index (κ2) is 6.93. The molecule has 1 heterocycles. The SMILES string of the molecule is CCSCCN1CCOCC1CCl. The van der Waals surface area contributed by atoms with E-state index in [0.717, 1.165) is 26.3 Å². The molecular weight excluding hydrogens is 206 g/mol. The maximum absolute atomic E-state index is 5.86. The molecule has 1 aliphatic rings. The summed E-state index contributed by atoms with van der Waals surface area (Å²) in [4.78, 5) is 2.44. The standard InChI is InChI=1S/C9H18ClNOS/c1-2-13-6-4-11-3-5-12-8-9(11)7-10/h9H,2-8H2,1H3. The van der Waals surface area contributed by atoms with Gasteiger partial charge in [0.25, 0.3) is 0 Å². The highest BCUT2D eigenvalue weighted by atomic mass is 35.5. The lowest BCUT2D eigenvalue weighted by Gasteiger charge is -2.34. The third kappa shape index (κ3) is 4.07. The minimum atomic E-state index is 0.438. The van der Waals surface area contributed by atoms with Gasteiger partial charge in [-0.15, -0.1) is 11.6 Å². The van der Waals surface area contributed by atoms with Crippen molar-refractivity contribution in [2.45, 2.75) is 13.0 Å². The Morgan fingerprint density at radius 2 is 2.46 bits per heavy atom. The molecule has 0 saturated carbocycles. The number of hydrogen-bond donors (Lipinski definition) is 0. The average molecular weight is 224 g/mol. The van der Waals surface area contributed by atoms with Gasteiger partial charge in [-0.2, -0.15) is 11.8 Å². The second-order valence-electron chi connectivity index (χ2n) is 3.12. The van der Waals surface area contributed by atoms with Crippen molar-refractivity contribution in [1.29, 1.82) is 0 Å². The van der Waals surface area contributed by atoms with Crippen molar-refractivity contribution in [3.05, 3.63) is 0 Å². The summed E-state index contributed by atoms with van der Waals surface area (Å²) < 4.78 is 5.38. The van der Waals surface area contributed by atoms with Crippen molar-refractivity contribution in [3.8, 4) is 0 Å². The molecule has 0 amide bonds. The molecule has 1 aliphatic heterocycles. The van der Waals surface area contributed by atoms with Crippen LogP contribution < -0.4 is 0 Å². The van der Waals surface area contributed by atoms with Crippen molar-refractivity contribution >= 4 is 23.4 Å². The maximum atomic E-state index is 5.86. The zero-order valence-electron chi connectivity index (χ0n) is 8.17. The van der Waals surface area contributed by atoms with Gasteiger partial charge < -0.3 is 4.74 Å². The molecule has 4 heteroatoms. The first-order chi connectivity index (χ1) is 6.38. The van der Waals surface area contributed by atoms with E-state index in [1.807, 2.05) is 11.8 Å². The fourth-order valence-corrected chi connectivity index (χ4v) is 2.39. The zero-order valence-corrected chi connectivity index (χ0v) is 9.74. The first-order valence-electron chi connectivity index (χ1n) is 4.84. The summed E-state index contributed by atoms with van der Waals surface area (Å²) in [6, 6.07) is 0.438. The van der Waals surface area contributed by atoms with E-state index in [1.165, 1.54) is 11.5 Å². The Morgan fingerprint density at radius 3 is 3.15 bits per heavy atom. The Morgan fingerprint density at radius 1 is 1.62 bits per heavy atom. The molecule has 1 unspecified atom stereocenters. The van der Waals surface area contributed by atoms with E-state index in [4.69, 9.17) is 16.3 Å². The lowest BCUT2D eigenvalue weighted by molar-refractivity contribution is 0.00430. The van der Waals surface area contributed by atoms with Crippen molar-refractivity contribution in [2.24, 2.45) is 0 Å². The van der Waals surface area contributed by atoms with Gasteiger partial charge in [0, 0.05) is 30.8 Å². The average Bonchev–Trinajstić information content (AvgIpc) is 2.19. The van der Waals surface area contributed by atoms with Crippen LogP contribution in [-0.2, 0) is 4.74 Å². The van der Waals surface area contributed by atoms with E-state index in [-0.39, 0.29) is 0 Å². The van der Waals surface area contributed by atoms with Gasteiger partial charge in [0.05, 0.1) is 13.2 Å². The molecule has 0 aromatic heterocycles. The smallest absolute Gasteiger partial charge is 0.0634 e. The normalized spacial score (nSPS) is 24.9. The summed E-state index contributed by atoms with van der Waals surface area (Å²) in [6.45, 7) is 6.06. The first-order valence-corrected chi connectivity index (χ1v) is 6.53. The molecule has 13 heavy (non-hydrogen) atoms. The van der Waals surface area contributed by atoms with E-state index >= 15 is 0 Å². The molecule has 0 aliphatic carbocycles. The molecule has 0 N–H and O–H groups in total. The predicted molar refractivity (Wildman–Crippen MR) is 59.9 cm³/mol. The van der Waals surface area contributed by atoms with E-state index in [9.17, 15) is 0 Å². The number of morpholine rings is 1. The van der Waals surface area contributed by atoms with Crippen molar-refractivity contribution in [2.75, 3.05) is 43.7 Å². The monoisotopic (exact) mass is 223 g/mol. The molecule has 0 spiro atoms. The van der Waals surface area contributed by atoms with Crippen LogP contribution in [-0.4, -0.2) is 54.6 Å². The molecule has 0 bridgehead atoms. The maximum Gasteiger partial charge on any atom is 0.0634 e. The molecule has 78 valence electrons. The van der Waals surface area contributed by atoms with Crippen LogP contribution in [0.25, 0.3) is 0 Å². The van der Waals surface area contributed by atoms with E-state index in [0.29, 0.717) is 11.9 Å². The molecule has 2 nitrogen and oxygen atoms in total. The topological polar surface area (TPSA) is 12.5 Å². The van der Waals surface area contributed by atoms with Gasteiger partial charge in [0.15, 0.2) is 0 Å². The van der Waals surface area contributed by atoms with E-state index in [2.05, 4.69) is 11.8 Å². The number of hydrogen-bond acceptors (Lipinski definition) is 3. The lowest BCUT2D eigenvalue weighted by Crippen LogP contribution is -2.47. The third-order valence-corrected chi connectivity index (χ3v) is 3.49. The highest BCUT2D eigenvalue weighted by Crippen LogP contribution is 2.10. The van der Waals surface area contributed by atoms with Crippen LogP contribution in [0.1, 0.15) is 6.92 Å². The van der Waals surface area contributed by atoms with Crippen molar-refractivity contribution in [3.63, 3.8) is 0 Å². The number of thioether (sulfide) groups is 1. The van der Waals surface area contributed by atoms with Gasteiger partial charge >= 0.3 is 0 Å². The quantitative estimate of drug-likeness (QED) is 0.520. The molecular formula is C9H18ClNOS. The Kier molecular flexibility index (Phi) is 6.20. The van der Waals surface area contributed by atoms with Crippen LogP contribution in [0, 0.1) is 0 Å². The Labute approximate surface area is 90.0 Å². The first kappa shape index (κ1) is 11.6. The highest BCUT2D eigenvalue weighted by molar-refractivity contribution is 7.99. The predicted octanol–water partition coefficient (Wildman–Crippen LogP) is 1.68. The molecule has 0 radical (unpaired) electrons. The lowest BCUT2D eigenvalue weighted by atomic mass is 10.2. The van der Waals surface area contributed by atoms with Gasteiger partial charge in [-0.3, -0.25) is 4.90 Å². The van der Waals surface area contributed by atoms with Crippen LogP contribution in [0.2, 0.25) is 0 Å². The number of halogens is 1. The summed E-state index contributed by atoms with van der Waals surface area (Å²) in [5.41, 5.74) is 0. The van der Waals surface area contributed by atoms with E-state index in [1.54, 1.807) is 0 Å². The minimum Gasteiger partial charge on any atom is -0.378 e. The summed E-state index contributed by atoms with van der Waals surface area (Å²) >= 11 is 7.85. The Bertz CT molecular complexity index is 137. The van der Waals surface area contributed by atoms with Crippen LogP contribution in [0.15, 0.2) is 0 Å². The van der Waals surface area contributed by atoms with Gasteiger partial charge in [-0.1, -0.05) is 6.92 Å². The third-order valence-electron chi connectivity index (χ3n) is 2.25. The van der Waals surface area contributed by atoms with Crippen LogP contribution in [0.4, 0.5) is 0 Å². The van der Waals surface area contributed by atoms with Crippen LogP contribution in [0.3, 0.4) is 0 Å². The fourth-order valence-electron chi connectivity index (χ4n) is 1.45. The second-order valence-corrected chi connectivity index (χ2v) is 4.82. The number of rotatable bonds is 5. The Hall–Kier alpha value is 0.560. The number of nitrogens with zero attached hydrogens (tertiary/aromatic N) is 1. The summed E-state index contributed by atoms with van der Waals surface area (Å²) in [6.07, 6.45) is 0. The van der Waals surface area contributed by atoms with Crippen molar-refractivity contribution in [1.82, 2.24) is 4.90 Å². The molecule has 0 aromatic rings. The molecule has 1 fully saturated rings. The number of alkyl halides is 1. The highest BCUT2D eigenvalue weighted by Gasteiger charge is 2.21. The molecule has 1 saturated heterocycles. The van der Waals surface area contributed by atoms with Gasteiger partial charge in [-0.25, -0.2) is 0 Å². The van der Waals surface area contributed by atoms with Gasteiger partial charge in [-0.05, 0) is 5.75 Å². The zero-order chi connectivity index (χ0) is 9.52. The van der Waals surface area contributed by atoms with Crippen LogP contribution >= 0.6 is 23.4 Å². The summed E-state index contributed by atoms with van der Waals surface area (Å²) in [5.74, 6) is 3.11. The van der Waals surface area contributed by atoms with Crippen LogP contribution in [0.5, 0.6) is 0 Å². The fraction of sp³-hybridized carbons (Fsp3) is 1.00. The summed E-state index contributed by atoms with van der Waals surface area (Å²) in [7, 11) is 0. The molecule has 1 atom stereocenters. The minimum absolute atomic E-state index is 0.438. The largest absolute Gasteiger partial charge is 0.378 e.